The molecule has 25 heavy (non-hydrogen) atoms. The molecule has 5 nitrogen and oxygen atoms in total. The van der Waals surface area contributed by atoms with Crippen molar-refractivity contribution in [3.63, 3.8) is 0 Å². The minimum Gasteiger partial charge on any atom is -0.463 e. The minimum atomic E-state index is -0.494. The summed E-state index contributed by atoms with van der Waals surface area (Å²) in [4.78, 5) is 28.4. The molecule has 0 fully saturated rings. The van der Waals surface area contributed by atoms with E-state index in [1.807, 2.05) is 31.2 Å². The number of esters is 1. The van der Waals surface area contributed by atoms with Crippen molar-refractivity contribution >= 4 is 23.5 Å². The molecule has 132 valence electrons. The van der Waals surface area contributed by atoms with Crippen LogP contribution in [0.3, 0.4) is 0 Å². The predicted octanol–water partition coefficient (Wildman–Crippen LogP) is 3.86. The van der Waals surface area contributed by atoms with Gasteiger partial charge in [-0.25, -0.2) is 4.98 Å². The summed E-state index contributed by atoms with van der Waals surface area (Å²) in [5.41, 5.74) is 2.31. The van der Waals surface area contributed by atoms with E-state index >= 15 is 0 Å². The maximum absolute atomic E-state index is 12.5. The first kappa shape index (κ1) is 18.9. The Morgan fingerprint density at radius 3 is 2.48 bits per heavy atom. The van der Waals surface area contributed by atoms with Crippen LogP contribution in [0.2, 0.25) is 5.15 Å². The first-order chi connectivity index (χ1) is 11.8. The number of pyridine rings is 1. The molecule has 0 aliphatic carbocycles. The van der Waals surface area contributed by atoms with Gasteiger partial charge >= 0.3 is 5.97 Å². The number of benzene rings is 1. The lowest BCUT2D eigenvalue weighted by molar-refractivity contribution is -0.147. The molecule has 0 radical (unpaired) electrons. The normalized spacial score (nSPS) is 11.9. The molecule has 0 bridgehead atoms. The largest absolute Gasteiger partial charge is 0.463 e. The Bertz CT molecular complexity index is 745. The Kier molecular flexibility index (Phi) is 6.53. The van der Waals surface area contributed by atoms with Gasteiger partial charge in [-0.3, -0.25) is 9.59 Å². The first-order valence-corrected chi connectivity index (χ1v) is 8.41. The summed E-state index contributed by atoms with van der Waals surface area (Å²) in [5.74, 6) is -0.694. The van der Waals surface area contributed by atoms with E-state index in [0.29, 0.717) is 5.56 Å². The van der Waals surface area contributed by atoms with Crippen LogP contribution in [0.1, 0.15) is 47.8 Å². The zero-order chi connectivity index (χ0) is 18.4. The van der Waals surface area contributed by atoms with Gasteiger partial charge in [-0.1, -0.05) is 41.4 Å². The third-order valence-electron chi connectivity index (χ3n) is 3.51. The number of aryl methyl sites for hydroxylation is 1. The second-order valence-electron chi connectivity index (χ2n) is 6.05. The van der Waals surface area contributed by atoms with Gasteiger partial charge in [0.25, 0.3) is 5.91 Å². The minimum absolute atomic E-state index is 0.0474. The maximum Gasteiger partial charge on any atom is 0.308 e. The van der Waals surface area contributed by atoms with Crippen molar-refractivity contribution in [1.29, 1.82) is 0 Å². The Labute approximate surface area is 152 Å². The molecule has 1 unspecified atom stereocenters. The van der Waals surface area contributed by atoms with Crippen LogP contribution < -0.4 is 5.32 Å². The van der Waals surface area contributed by atoms with Crippen LogP contribution in [0.5, 0.6) is 0 Å². The molecular formula is C19H21ClN2O3. The lowest BCUT2D eigenvalue weighted by Gasteiger charge is -2.20. The molecule has 1 aromatic heterocycles. The Morgan fingerprint density at radius 2 is 1.88 bits per heavy atom. The lowest BCUT2D eigenvalue weighted by atomic mass is 10.0. The highest BCUT2D eigenvalue weighted by molar-refractivity contribution is 6.29. The fourth-order valence-electron chi connectivity index (χ4n) is 2.31. The topological polar surface area (TPSA) is 68.3 Å². The number of nitrogens with one attached hydrogen (secondary N) is 1. The SMILES string of the molecule is Cc1ccc(C(CC(=O)OC(C)C)NC(=O)c2ccnc(Cl)c2)cc1. The molecule has 1 amide bonds. The van der Waals surface area contributed by atoms with E-state index in [1.165, 1.54) is 12.3 Å². The van der Waals surface area contributed by atoms with Gasteiger partial charge in [-0.15, -0.1) is 0 Å². The van der Waals surface area contributed by atoms with Crippen LogP contribution in [0, 0.1) is 6.92 Å². The molecular weight excluding hydrogens is 340 g/mol. The highest BCUT2D eigenvalue weighted by atomic mass is 35.5. The van der Waals surface area contributed by atoms with Crippen LogP contribution in [-0.2, 0) is 9.53 Å². The number of carbonyl (C=O) groups is 2. The standard InChI is InChI=1S/C19H21ClN2O3/c1-12(2)25-18(23)11-16(14-6-4-13(3)5-7-14)22-19(24)15-8-9-21-17(20)10-15/h4-10,12,16H,11H2,1-3H3,(H,22,24). The molecule has 2 aromatic rings. The third kappa shape index (κ3) is 5.87. The van der Waals surface area contributed by atoms with Crippen molar-refractivity contribution in [3.05, 3.63) is 64.4 Å². The highest BCUT2D eigenvalue weighted by Crippen LogP contribution is 2.20. The highest BCUT2D eigenvalue weighted by Gasteiger charge is 2.21. The average Bonchev–Trinajstić information content (AvgIpc) is 2.54. The second kappa shape index (κ2) is 8.62. The molecule has 2 rings (SSSR count). The Balaban J connectivity index is 2.20. The smallest absolute Gasteiger partial charge is 0.308 e. The van der Waals surface area contributed by atoms with E-state index in [9.17, 15) is 9.59 Å². The van der Waals surface area contributed by atoms with Gasteiger partial charge in [0.1, 0.15) is 5.15 Å². The van der Waals surface area contributed by atoms with Gasteiger partial charge < -0.3 is 10.1 Å². The number of rotatable bonds is 6. The summed E-state index contributed by atoms with van der Waals surface area (Å²) in [6.07, 6.45) is 1.30. The van der Waals surface area contributed by atoms with Gasteiger partial charge in [-0.2, -0.15) is 0 Å². The van der Waals surface area contributed by atoms with Gasteiger partial charge in [-0.05, 0) is 38.5 Å². The molecule has 0 saturated carbocycles. The summed E-state index contributed by atoms with van der Waals surface area (Å²) in [7, 11) is 0. The van der Waals surface area contributed by atoms with E-state index in [2.05, 4.69) is 10.3 Å². The number of hydrogen-bond donors (Lipinski definition) is 1. The average molecular weight is 361 g/mol. The summed E-state index contributed by atoms with van der Waals surface area (Å²) in [6, 6.07) is 10.2. The zero-order valence-electron chi connectivity index (χ0n) is 14.5. The van der Waals surface area contributed by atoms with E-state index in [0.717, 1.165) is 11.1 Å². The van der Waals surface area contributed by atoms with Gasteiger partial charge in [0.2, 0.25) is 0 Å². The molecule has 0 aliphatic heterocycles. The monoisotopic (exact) mass is 360 g/mol. The molecule has 1 heterocycles. The van der Waals surface area contributed by atoms with Crippen LogP contribution in [-0.4, -0.2) is 23.0 Å². The number of amides is 1. The van der Waals surface area contributed by atoms with Gasteiger partial charge in [0.05, 0.1) is 18.6 Å². The van der Waals surface area contributed by atoms with E-state index in [4.69, 9.17) is 16.3 Å². The molecule has 1 atom stereocenters. The third-order valence-corrected chi connectivity index (χ3v) is 3.72. The van der Waals surface area contributed by atoms with Gasteiger partial charge in [0, 0.05) is 11.8 Å². The Hall–Kier alpha value is -2.40. The molecule has 0 aliphatic rings. The number of hydrogen-bond acceptors (Lipinski definition) is 4. The van der Waals surface area contributed by atoms with Crippen LogP contribution in [0.15, 0.2) is 42.6 Å². The Morgan fingerprint density at radius 1 is 1.20 bits per heavy atom. The van der Waals surface area contributed by atoms with E-state index < -0.39 is 6.04 Å². The fourth-order valence-corrected chi connectivity index (χ4v) is 2.49. The van der Waals surface area contributed by atoms with Crippen molar-refractivity contribution in [2.75, 3.05) is 0 Å². The maximum atomic E-state index is 12.5. The van der Waals surface area contributed by atoms with Crippen molar-refractivity contribution in [2.45, 2.75) is 39.3 Å². The van der Waals surface area contributed by atoms with Crippen LogP contribution in [0.4, 0.5) is 0 Å². The first-order valence-electron chi connectivity index (χ1n) is 8.03. The number of nitrogens with zero attached hydrogens (tertiary/aromatic N) is 1. The van der Waals surface area contributed by atoms with Crippen molar-refractivity contribution in [1.82, 2.24) is 10.3 Å². The summed E-state index contributed by atoms with van der Waals surface area (Å²) < 4.78 is 5.21. The number of aromatic nitrogens is 1. The quantitative estimate of drug-likeness (QED) is 0.627. The molecule has 0 saturated heterocycles. The number of ether oxygens (including phenoxy) is 1. The molecule has 0 spiro atoms. The van der Waals surface area contributed by atoms with E-state index in [-0.39, 0.29) is 29.6 Å². The van der Waals surface area contributed by atoms with Crippen LogP contribution >= 0.6 is 11.6 Å². The zero-order valence-corrected chi connectivity index (χ0v) is 15.2. The van der Waals surface area contributed by atoms with Crippen LogP contribution in [0.25, 0.3) is 0 Å². The molecule has 1 aromatic carbocycles. The second-order valence-corrected chi connectivity index (χ2v) is 6.43. The summed E-state index contributed by atoms with van der Waals surface area (Å²) >= 11 is 5.84. The predicted molar refractivity (Wildman–Crippen MR) is 96.5 cm³/mol. The number of carbonyl (C=O) groups excluding carboxylic acids is 2. The summed E-state index contributed by atoms with van der Waals surface area (Å²) in [5, 5.41) is 3.11. The van der Waals surface area contributed by atoms with Crippen molar-refractivity contribution < 1.29 is 14.3 Å². The van der Waals surface area contributed by atoms with Crippen molar-refractivity contribution in [2.24, 2.45) is 0 Å². The van der Waals surface area contributed by atoms with Crippen molar-refractivity contribution in [3.8, 4) is 0 Å². The lowest BCUT2D eigenvalue weighted by Crippen LogP contribution is -2.31. The molecule has 1 N–H and O–H groups in total. The summed E-state index contributed by atoms with van der Waals surface area (Å²) in [6.45, 7) is 5.55. The van der Waals surface area contributed by atoms with E-state index in [1.54, 1.807) is 19.9 Å². The fraction of sp³-hybridized carbons (Fsp3) is 0.316. The molecule has 6 heteroatoms. The van der Waals surface area contributed by atoms with Gasteiger partial charge in [0.15, 0.2) is 0 Å². The number of halogens is 1.